The molecular formula is C15H19N3O. The van der Waals surface area contributed by atoms with E-state index >= 15 is 0 Å². The van der Waals surface area contributed by atoms with Crippen LogP contribution in [-0.4, -0.2) is 17.4 Å². The first-order valence-corrected chi connectivity index (χ1v) is 6.67. The van der Waals surface area contributed by atoms with Gasteiger partial charge >= 0.3 is 0 Å². The Balaban J connectivity index is 1.95. The third kappa shape index (κ3) is 3.11. The van der Waals surface area contributed by atoms with Crippen molar-refractivity contribution < 1.29 is 4.79 Å². The van der Waals surface area contributed by atoms with Crippen molar-refractivity contribution in [3.8, 4) is 6.07 Å². The Morgan fingerprint density at radius 1 is 1.58 bits per heavy atom. The van der Waals surface area contributed by atoms with E-state index in [1.807, 2.05) is 6.07 Å². The summed E-state index contributed by atoms with van der Waals surface area (Å²) in [4.78, 5) is 16.0. The number of rotatable bonds is 4. The standard InChI is InChI=1S/C15H19N3O/c1-15(2,12-4-3-5-12)10-18-14(19)13-8-11(9-16)6-7-17-13/h6-8,12H,3-5,10H2,1-2H3,(H,18,19). The minimum atomic E-state index is -0.204. The van der Waals surface area contributed by atoms with Crippen LogP contribution in [0.15, 0.2) is 18.3 Å². The van der Waals surface area contributed by atoms with E-state index in [0.29, 0.717) is 23.7 Å². The van der Waals surface area contributed by atoms with E-state index in [2.05, 4.69) is 24.1 Å². The number of aromatic nitrogens is 1. The molecule has 1 saturated carbocycles. The average Bonchev–Trinajstić information content (AvgIpc) is 2.33. The van der Waals surface area contributed by atoms with Crippen molar-refractivity contribution in [1.29, 1.82) is 5.26 Å². The number of carbonyl (C=O) groups excluding carboxylic acids is 1. The van der Waals surface area contributed by atoms with E-state index in [4.69, 9.17) is 5.26 Å². The molecule has 1 aliphatic rings. The van der Waals surface area contributed by atoms with E-state index in [-0.39, 0.29) is 11.3 Å². The lowest BCUT2D eigenvalue weighted by Crippen LogP contribution is -2.41. The lowest BCUT2D eigenvalue weighted by molar-refractivity contribution is 0.0854. The van der Waals surface area contributed by atoms with Crippen molar-refractivity contribution in [2.75, 3.05) is 6.54 Å². The second kappa shape index (κ2) is 5.40. The second-order valence-corrected chi connectivity index (χ2v) is 5.84. The van der Waals surface area contributed by atoms with Gasteiger partial charge in [0.1, 0.15) is 5.69 Å². The molecule has 0 saturated heterocycles. The summed E-state index contributed by atoms with van der Waals surface area (Å²) in [5, 5.41) is 11.7. The van der Waals surface area contributed by atoms with Gasteiger partial charge in [0.2, 0.25) is 0 Å². The van der Waals surface area contributed by atoms with Gasteiger partial charge in [0, 0.05) is 12.7 Å². The maximum Gasteiger partial charge on any atom is 0.269 e. The zero-order chi connectivity index (χ0) is 13.9. The summed E-state index contributed by atoms with van der Waals surface area (Å²) in [6.07, 6.45) is 5.30. The Hall–Kier alpha value is -1.89. The fourth-order valence-corrected chi connectivity index (χ4v) is 2.36. The monoisotopic (exact) mass is 257 g/mol. The van der Waals surface area contributed by atoms with E-state index in [1.54, 1.807) is 6.07 Å². The van der Waals surface area contributed by atoms with Crippen molar-refractivity contribution >= 4 is 5.91 Å². The van der Waals surface area contributed by atoms with E-state index in [9.17, 15) is 4.79 Å². The summed E-state index contributed by atoms with van der Waals surface area (Å²) in [5.41, 5.74) is 0.891. The number of hydrogen-bond donors (Lipinski definition) is 1. The molecule has 0 spiro atoms. The molecule has 1 amide bonds. The summed E-state index contributed by atoms with van der Waals surface area (Å²) in [7, 11) is 0. The molecule has 4 nitrogen and oxygen atoms in total. The van der Waals surface area contributed by atoms with Crippen molar-refractivity contribution in [3.05, 3.63) is 29.6 Å². The summed E-state index contributed by atoms with van der Waals surface area (Å²) >= 11 is 0. The molecule has 19 heavy (non-hydrogen) atoms. The van der Waals surface area contributed by atoms with Gasteiger partial charge < -0.3 is 5.32 Å². The molecular weight excluding hydrogens is 238 g/mol. The SMILES string of the molecule is CC(C)(CNC(=O)c1cc(C#N)ccn1)C1CCC1. The number of carbonyl (C=O) groups is 1. The molecule has 1 fully saturated rings. The third-order valence-electron chi connectivity index (χ3n) is 4.04. The predicted molar refractivity (Wildman–Crippen MR) is 72.4 cm³/mol. The topological polar surface area (TPSA) is 65.8 Å². The Bertz CT molecular complexity index is 512. The zero-order valence-electron chi connectivity index (χ0n) is 11.4. The Kier molecular flexibility index (Phi) is 3.84. The maximum atomic E-state index is 12.0. The fourth-order valence-electron chi connectivity index (χ4n) is 2.36. The summed E-state index contributed by atoms with van der Waals surface area (Å²) in [6.45, 7) is 5.03. The molecule has 0 radical (unpaired) electrons. The van der Waals surface area contributed by atoms with E-state index in [0.717, 1.165) is 0 Å². The molecule has 1 heterocycles. The highest BCUT2D eigenvalue weighted by Crippen LogP contribution is 2.41. The van der Waals surface area contributed by atoms with Crippen LogP contribution >= 0.6 is 0 Å². The smallest absolute Gasteiger partial charge is 0.269 e. The van der Waals surface area contributed by atoms with Crippen LogP contribution in [0.3, 0.4) is 0 Å². The van der Waals surface area contributed by atoms with E-state index < -0.39 is 0 Å². The highest BCUT2D eigenvalue weighted by molar-refractivity contribution is 5.92. The quantitative estimate of drug-likeness (QED) is 0.901. The van der Waals surface area contributed by atoms with Crippen LogP contribution in [-0.2, 0) is 0 Å². The van der Waals surface area contributed by atoms with Gasteiger partial charge in [0.15, 0.2) is 0 Å². The number of nitrogens with one attached hydrogen (secondary N) is 1. The number of amides is 1. The van der Waals surface area contributed by atoms with E-state index in [1.165, 1.54) is 31.5 Å². The minimum Gasteiger partial charge on any atom is -0.350 e. The van der Waals surface area contributed by atoms with Crippen LogP contribution in [0, 0.1) is 22.7 Å². The molecule has 1 aromatic rings. The van der Waals surface area contributed by atoms with Crippen molar-refractivity contribution in [1.82, 2.24) is 10.3 Å². The molecule has 4 heteroatoms. The van der Waals surface area contributed by atoms with Crippen LogP contribution in [0.25, 0.3) is 0 Å². The van der Waals surface area contributed by atoms with Crippen molar-refractivity contribution in [3.63, 3.8) is 0 Å². The number of hydrogen-bond acceptors (Lipinski definition) is 3. The van der Waals surface area contributed by atoms with Gasteiger partial charge in [0.25, 0.3) is 5.91 Å². The average molecular weight is 257 g/mol. The number of nitriles is 1. The molecule has 1 aliphatic carbocycles. The lowest BCUT2D eigenvalue weighted by Gasteiger charge is -2.40. The molecule has 2 rings (SSSR count). The predicted octanol–water partition coefficient (Wildman–Crippen LogP) is 2.51. The first-order chi connectivity index (χ1) is 9.03. The first-order valence-electron chi connectivity index (χ1n) is 6.67. The Morgan fingerprint density at radius 3 is 2.89 bits per heavy atom. The molecule has 100 valence electrons. The van der Waals surface area contributed by atoms with Gasteiger partial charge in [-0.25, -0.2) is 0 Å². The van der Waals surface area contributed by atoms with Gasteiger partial charge in [-0.1, -0.05) is 20.3 Å². The van der Waals surface area contributed by atoms with Crippen molar-refractivity contribution in [2.45, 2.75) is 33.1 Å². The van der Waals surface area contributed by atoms with Crippen LogP contribution < -0.4 is 5.32 Å². The van der Waals surface area contributed by atoms with Crippen LogP contribution in [0.1, 0.15) is 49.2 Å². The number of nitrogens with zero attached hydrogens (tertiary/aromatic N) is 2. The minimum absolute atomic E-state index is 0.126. The van der Waals surface area contributed by atoms with Gasteiger partial charge in [-0.3, -0.25) is 9.78 Å². The molecule has 1 aromatic heterocycles. The molecule has 0 bridgehead atoms. The Morgan fingerprint density at radius 2 is 2.32 bits per heavy atom. The van der Waals surface area contributed by atoms with Crippen molar-refractivity contribution in [2.24, 2.45) is 11.3 Å². The fraction of sp³-hybridized carbons (Fsp3) is 0.533. The summed E-state index contributed by atoms with van der Waals surface area (Å²) in [5.74, 6) is 0.496. The second-order valence-electron chi connectivity index (χ2n) is 5.84. The molecule has 0 aromatic carbocycles. The molecule has 0 atom stereocenters. The van der Waals surface area contributed by atoms with Gasteiger partial charge in [-0.2, -0.15) is 5.26 Å². The summed E-state index contributed by atoms with van der Waals surface area (Å²) < 4.78 is 0. The highest BCUT2D eigenvalue weighted by atomic mass is 16.1. The van der Waals surface area contributed by atoms with Gasteiger partial charge in [-0.15, -0.1) is 0 Å². The zero-order valence-corrected chi connectivity index (χ0v) is 11.4. The van der Waals surface area contributed by atoms with Gasteiger partial charge in [-0.05, 0) is 36.3 Å². The third-order valence-corrected chi connectivity index (χ3v) is 4.04. The Labute approximate surface area is 113 Å². The lowest BCUT2D eigenvalue weighted by atomic mass is 9.67. The van der Waals surface area contributed by atoms with Crippen LogP contribution in [0.5, 0.6) is 0 Å². The van der Waals surface area contributed by atoms with Gasteiger partial charge in [0.05, 0.1) is 11.6 Å². The number of pyridine rings is 1. The molecule has 0 aliphatic heterocycles. The summed E-state index contributed by atoms with van der Waals surface area (Å²) in [6, 6.07) is 5.12. The molecule has 0 unspecified atom stereocenters. The first kappa shape index (κ1) is 13.5. The molecule has 1 N–H and O–H groups in total. The van der Waals surface area contributed by atoms with Crippen LogP contribution in [0.2, 0.25) is 0 Å². The maximum absolute atomic E-state index is 12.0. The van der Waals surface area contributed by atoms with Crippen LogP contribution in [0.4, 0.5) is 0 Å². The normalized spacial score (nSPS) is 15.4. The largest absolute Gasteiger partial charge is 0.350 e. The highest BCUT2D eigenvalue weighted by Gasteiger charge is 2.34.